The monoisotopic (exact) mass is 345 g/mol. The molecule has 1 fully saturated rings. The number of anilines is 1. The van der Waals surface area contributed by atoms with Crippen molar-refractivity contribution in [3.8, 4) is 0 Å². The summed E-state index contributed by atoms with van der Waals surface area (Å²) in [4.78, 5) is 30.5. The number of hydrogen-bond donors (Lipinski definition) is 0. The Morgan fingerprint density at radius 3 is 2.12 bits per heavy atom. The van der Waals surface area contributed by atoms with E-state index in [1.54, 1.807) is 0 Å². The molecular weight excluding hydrogens is 314 g/mol. The molecule has 0 spiro atoms. The number of carbonyl (C=O) groups excluding carboxylic acids is 2. The summed E-state index contributed by atoms with van der Waals surface area (Å²) in [7, 11) is 5.90. The lowest BCUT2D eigenvalue weighted by atomic mass is 9.94. The zero-order valence-electron chi connectivity index (χ0n) is 16.2. The fraction of sp³-hybridized carbons (Fsp3) is 0.600. The highest BCUT2D eigenvalue weighted by Crippen LogP contribution is 2.22. The van der Waals surface area contributed by atoms with Crippen LogP contribution in [0.3, 0.4) is 0 Å². The largest absolute Gasteiger partial charge is 0.378 e. The second-order valence-electron chi connectivity index (χ2n) is 7.51. The van der Waals surface area contributed by atoms with Gasteiger partial charge in [-0.2, -0.15) is 0 Å². The molecule has 1 heterocycles. The van der Waals surface area contributed by atoms with Crippen molar-refractivity contribution in [1.82, 2.24) is 9.80 Å². The molecule has 0 saturated carbocycles. The minimum Gasteiger partial charge on any atom is -0.378 e. The Kier molecular flexibility index (Phi) is 6.45. The van der Waals surface area contributed by atoms with E-state index in [0.717, 1.165) is 24.1 Å². The molecule has 0 radical (unpaired) electrons. The van der Waals surface area contributed by atoms with E-state index in [1.807, 2.05) is 44.8 Å². The molecule has 5 nitrogen and oxygen atoms in total. The third-order valence-corrected chi connectivity index (χ3v) is 4.90. The van der Waals surface area contributed by atoms with Crippen LogP contribution >= 0.6 is 0 Å². The van der Waals surface area contributed by atoms with Crippen molar-refractivity contribution in [3.05, 3.63) is 29.8 Å². The predicted molar refractivity (Wildman–Crippen MR) is 101 cm³/mol. The first-order valence-corrected chi connectivity index (χ1v) is 9.09. The van der Waals surface area contributed by atoms with E-state index in [9.17, 15) is 9.59 Å². The minimum atomic E-state index is 0.0278. The quantitative estimate of drug-likeness (QED) is 0.824. The van der Waals surface area contributed by atoms with E-state index in [-0.39, 0.29) is 23.7 Å². The Labute approximate surface area is 151 Å². The van der Waals surface area contributed by atoms with Crippen LogP contribution in [-0.4, -0.2) is 55.8 Å². The van der Waals surface area contributed by atoms with Crippen LogP contribution in [0.1, 0.15) is 32.3 Å². The van der Waals surface area contributed by atoms with Gasteiger partial charge < -0.3 is 14.7 Å². The van der Waals surface area contributed by atoms with E-state index >= 15 is 0 Å². The van der Waals surface area contributed by atoms with Crippen LogP contribution in [0.25, 0.3) is 0 Å². The van der Waals surface area contributed by atoms with Gasteiger partial charge in [0, 0.05) is 58.3 Å². The van der Waals surface area contributed by atoms with Crippen molar-refractivity contribution < 1.29 is 9.59 Å². The van der Waals surface area contributed by atoms with E-state index in [4.69, 9.17) is 0 Å². The van der Waals surface area contributed by atoms with Crippen LogP contribution in [0.2, 0.25) is 0 Å². The number of carbonyl (C=O) groups is 2. The van der Waals surface area contributed by atoms with E-state index in [0.29, 0.717) is 19.6 Å². The van der Waals surface area contributed by atoms with Gasteiger partial charge in [0.05, 0.1) is 0 Å². The van der Waals surface area contributed by atoms with Gasteiger partial charge in [0.2, 0.25) is 11.8 Å². The number of rotatable bonds is 5. The fourth-order valence-electron chi connectivity index (χ4n) is 3.27. The molecule has 0 unspecified atom stereocenters. The molecule has 1 aromatic rings. The summed E-state index contributed by atoms with van der Waals surface area (Å²) >= 11 is 0. The number of likely N-dealkylation sites (tertiary alicyclic amines) is 1. The molecule has 2 amide bonds. The van der Waals surface area contributed by atoms with Crippen molar-refractivity contribution in [2.45, 2.75) is 33.2 Å². The molecule has 2 rings (SSSR count). The SMILES string of the molecule is CC(C)C(=O)N1CCC(C(=O)N(C)Cc2ccc(N(C)C)cc2)CC1. The van der Waals surface area contributed by atoms with Crippen LogP contribution in [0.15, 0.2) is 24.3 Å². The van der Waals surface area contributed by atoms with E-state index in [1.165, 1.54) is 0 Å². The van der Waals surface area contributed by atoms with Gasteiger partial charge in [0.25, 0.3) is 0 Å². The average molecular weight is 345 g/mol. The molecule has 0 bridgehead atoms. The highest BCUT2D eigenvalue weighted by Gasteiger charge is 2.29. The molecular formula is C20H31N3O2. The van der Waals surface area contributed by atoms with Crippen molar-refractivity contribution in [3.63, 3.8) is 0 Å². The second kappa shape index (κ2) is 8.37. The normalized spacial score (nSPS) is 15.4. The first kappa shape index (κ1) is 19.3. The molecule has 1 aromatic carbocycles. The summed E-state index contributed by atoms with van der Waals surface area (Å²) in [6.45, 7) is 5.86. The Morgan fingerprint density at radius 2 is 1.64 bits per heavy atom. The Morgan fingerprint density at radius 1 is 1.08 bits per heavy atom. The Bertz CT molecular complexity index is 587. The molecule has 1 aliphatic heterocycles. The maximum absolute atomic E-state index is 12.7. The molecule has 5 heteroatoms. The third kappa shape index (κ3) is 4.97. The molecule has 1 aliphatic rings. The van der Waals surface area contributed by atoms with Gasteiger partial charge in [0.15, 0.2) is 0 Å². The average Bonchev–Trinajstić information content (AvgIpc) is 2.60. The van der Waals surface area contributed by atoms with Crippen molar-refractivity contribution >= 4 is 17.5 Å². The van der Waals surface area contributed by atoms with Gasteiger partial charge in [-0.25, -0.2) is 0 Å². The molecule has 0 atom stereocenters. The standard InChI is InChI=1S/C20H31N3O2/c1-15(2)19(24)23-12-10-17(11-13-23)20(25)22(5)14-16-6-8-18(9-7-16)21(3)4/h6-9,15,17H,10-14H2,1-5H3. The zero-order valence-corrected chi connectivity index (χ0v) is 16.2. The van der Waals surface area contributed by atoms with E-state index < -0.39 is 0 Å². The fourth-order valence-corrected chi connectivity index (χ4v) is 3.27. The smallest absolute Gasteiger partial charge is 0.225 e. The Balaban J connectivity index is 1.87. The number of amides is 2. The van der Waals surface area contributed by atoms with E-state index in [2.05, 4.69) is 29.2 Å². The second-order valence-corrected chi connectivity index (χ2v) is 7.51. The topological polar surface area (TPSA) is 43.9 Å². The Hall–Kier alpha value is -2.04. The lowest BCUT2D eigenvalue weighted by Crippen LogP contribution is -2.44. The first-order valence-electron chi connectivity index (χ1n) is 9.09. The molecule has 25 heavy (non-hydrogen) atoms. The third-order valence-electron chi connectivity index (χ3n) is 4.90. The summed E-state index contributed by atoms with van der Waals surface area (Å²) in [5.41, 5.74) is 2.29. The zero-order chi connectivity index (χ0) is 18.6. The summed E-state index contributed by atoms with van der Waals surface area (Å²) in [5, 5.41) is 0. The van der Waals surface area contributed by atoms with Gasteiger partial charge in [-0.15, -0.1) is 0 Å². The highest BCUT2D eigenvalue weighted by atomic mass is 16.2. The molecule has 0 N–H and O–H groups in total. The van der Waals surface area contributed by atoms with Crippen LogP contribution in [0, 0.1) is 11.8 Å². The van der Waals surface area contributed by atoms with Crippen LogP contribution in [0.4, 0.5) is 5.69 Å². The highest BCUT2D eigenvalue weighted by molar-refractivity contribution is 5.80. The minimum absolute atomic E-state index is 0.0278. The summed E-state index contributed by atoms with van der Waals surface area (Å²) < 4.78 is 0. The maximum atomic E-state index is 12.7. The van der Waals surface area contributed by atoms with Crippen LogP contribution in [0.5, 0.6) is 0 Å². The van der Waals surface area contributed by atoms with Crippen molar-refractivity contribution in [2.75, 3.05) is 39.1 Å². The van der Waals surface area contributed by atoms with Gasteiger partial charge >= 0.3 is 0 Å². The van der Waals surface area contributed by atoms with Crippen LogP contribution in [-0.2, 0) is 16.1 Å². The van der Waals surface area contributed by atoms with Gasteiger partial charge in [-0.05, 0) is 30.5 Å². The van der Waals surface area contributed by atoms with Gasteiger partial charge in [-0.1, -0.05) is 26.0 Å². The first-order chi connectivity index (χ1) is 11.8. The lowest BCUT2D eigenvalue weighted by molar-refractivity contribution is -0.141. The number of nitrogens with zero attached hydrogens (tertiary/aromatic N) is 3. The van der Waals surface area contributed by atoms with Crippen LogP contribution < -0.4 is 4.90 Å². The predicted octanol–water partition coefficient (Wildman–Crippen LogP) is 2.61. The molecule has 138 valence electrons. The van der Waals surface area contributed by atoms with Gasteiger partial charge in [0.1, 0.15) is 0 Å². The van der Waals surface area contributed by atoms with Crippen molar-refractivity contribution in [1.29, 1.82) is 0 Å². The molecule has 1 saturated heterocycles. The summed E-state index contributed by atoms with van der Waals surface area (Å²) in [6.07, 6.45) is 1.53. The van der Waals surface area contributed by atoms with Gasteiger partial charge in [-0.3, -0.25) is 9.59 Å². The van der Waals surface area contributed by atoms with Crippen molar-refractivity contribution in [2.24, 2.45) is 11.8 Å². The number of benzene rings is 1. The number of piperidine rings is 1. The number of hydrogen-bond acceptors (Lipinski definition) is 3. The molecule has 0 aliphatic carbocycles. The lowest BCUT2D eigenvalue weighted by Gasteiger charge is -2.34. The molecule has 0 aromatic heterocycles. The maximum Gasteiger partial charge on any atom is 0.225 e. The summed E-state index contributed by atoms with van der Waals surface area (Å²) in [6, 6.07) is 8.29. The summed E-state index contributed by atoms with van der Waals surface area (Å²) in [5.74, 6) is 0.441.